The van der Waals surface area contributed by atoms with E-state index in [1.54, 1.807) is 11.6 Å². The zero-order valence-electron chi connectivity index (χ0n) is 22.5. The van der Waals surface area contributed by atoms with Crippen LogP contribution in [0.1, 0.15) is 55.1 Å². The lowest BCUT2D eigenvalue weighted by Crippen LogP contribution is -2.37. The third-order valence-corrected chi connectivity index (χ3v) is 7.24. The molecule has 1 N–H and O–H groups in total. The Bertz CT molecular complexity index is 1370. The molecule has 0 aliphatic carbocycles. The Kier molecular flexibility index (Phi) is 6.70. The first-order chi connectivity index (χ1) is 17.7. The molecule has 2 saturated heterocycles. The molecule has 0 saturated carbocycles. The van der Waals surface area contributed by atoms with Crippen LogP contribution in [0, 0.1) is 12.3 Å². The number of morpholine rings is 1. The average Bonchev–Trinajstić information content (AvgIpc) is 3.52. The molecule has 0 radical (unpaired) electrons. The topological polar surface area (TPSA) is 101 Å². The molecule has 0 unspecified atom stereocenters. The predicted molar refractivity (Wildman–Crippen MR) is 142 cm³/mol. The fourth-order valence-corrected chi connectivity index (χ4v) is 5.17. The van der Waals surface area contributed by atoms with E-state index in [-0.39, 0.29) is 23.4 Å². The van der Waals surface area contributed by atoms with E-state index in [4.69, 9.17) is 14.9 Å². The lowest BCUT2D eigenvalue weighted by Gasteiger charge is -2.33. The minimum absolute atomic E-state index is 0.0425. The number of fused-ring (bicyclic) bond motifs is 1. The van der Waals surface area contributed by atoms with Crippen LogP contribution in [-0.2, 0) is 16.7 Å². The lowest BCUT2D eigenvalue weighted by molar-refractivity contribution is 0.0965. The van der Waals surface area contributed by atoms with Crippen LogP contribution in [0.3, 0.4) is 0 Å². The van der Waals surface area contributed by atoms with Crippen molar-refractivity contribution in [3.8, 4) is 5.75 Å². The number of hydrogen-bond donors (Lipinski definition) is 1. The van der Waals surface area contributed by atoms with Gasteiger partial charge in [0.15, 0.2) is 11.4 Å². The van der Waals surface area contributed by atoms with Gasteiger partial charge in [0.25, 0.3) is 0 Å². The van der Waals surface area contributed by atoms with Crippen LogP contribution in [0.15, 0.2) is 18.2 Å². The third-order valence-electron chi connectivity index (χ3n) is 7.24. The highest BCUT2D eigenvalue weighted by Crippen LogP contribution is 2.40. The van der Waals surface area contributed by atoms with Gasteiger partial charge in [-0.25, -0.2) is 4.68 Å². The first-order valence-electron chi connectivity index (χ1n) is 13.0. The molecule has 10 nitrogen and oxygen atoms in total. The molecule has 198 valence electrons. The Balaban J connectivity index is 1.52. The maximum atomic E-state index is 13.7. The van der Waals surface area contributed by atoms with Crippen molar-refractivity contribution < 1.29 is 14.3 Å². The summed E-state index contributed by atoms with van der Waals surface area (Å²) < 4.78 is 14.4. The summed E-state index contributed by atoms with van der Waals surface area (Å²) in [4.78, 5) is 18.1. The largest absolute Gasteiger partial charge is 0.494 e. The normalized spacial score (nSPS) is 16.6. The SMILES string of the molecule is COc1c(N2CCOCC2)cc(C(=O)Cn2nc3c(C)cc(N4CCCC4)nn3c2=N)cc1C(C)(C)C. The van der Waals surface area contributed by atoms with E-state index < -0.39 is 0 Å². The predicted octanol–water partition coefficient (Wildman–Crippen LogP) is 2.94. The third kappa shape index (κ3) is 4.82. The molecule has 1 aromatic carbocycles. The van der Waals surface area contributed by atoms with Crippen LogP contribution in [0.2, 0.25) is 0 Å². The van der Waals surface area contributed by atoms with Gasteiger partial charge in [-0.2, -0.15) is 4.52 Å². The van der Waals surface area contributed by atoms with Crippen LogP contribution in [-0.4, -0.2) is 71.7 Å². The number of hydrogen-bond acceptors (Lipinski definition) is 8. The van der Waals surface area contributed by atoms with Crippen molar-refractivity contribution in [2.75, 3.05) is 56.3 Å². The van der Waals surface area contributed by atoms with Crippen molar-refractivity contribution in [3.63, 3.8) is 0 Å². The van der Waals surface area contributed by atoms with Crippen LogP contribution < -0.4 is 20.2 Å². The van der Waals surface area contributed by atoms with E-state index >= 15 is 0 Å². The highest BCUT2D eigenvalue weighted by atomic mass is 16.5. The standard InChI is InChI=1S/C27H37N7O3/c1-18-14-23(32-8-6-7-9-32)29-34-25(18)30-33(26(34)28)17-22(35)19-15-20(27(2,3)4)24(36-5)21(16-19)31-10-12-37-13-11-31/h14-16,28H,6-13,17H2,1-5H3. The minimum Gasteiger partial charge on any atom is -0.494 e. The summed E-state index contributed by atoms with van der Waals surface area (Å²) in [5.41, 5.74) is 3.85. The number of aryl methyl sites for hydroxylation is 1. The number of aromatic nitrogens is 4. The lowest BCUT2D eigenvalue weighted by atomic mass is 9.84. The Labute approximate surface area is 217 Å². The molecule has 0 bridgehead atoms. The maximum Gasteiger partial charge on any atom is 0.242 e. The van der Waals surface area contributed by atoms with Gasteiger partial charge < -0.3 is 19.3 Å². The second kappa shape index (κ2) is 9.81. The first kappa shape index (κ1) is 25.3. The number of methoxy groups -OCH3 is 1. The number of nitrogens with zero attached hydrogens (tertiary/aromatic N) is 6. The van der Waals surface area contributed by atoms with Gasteiger partial charge in [-0.05, 0) is 48.9 Å². The van der Waals surface area contributed by atoms with Gasteiger partial charge >= 0.3 is 0 Å². The zero-order valence-corrected chi connectivity index (χ0v) is 22.5. The number of rotatable bonds is 6. The van der Waals surface area contributed by atoms with Gasteiger partial charge in [0.1, 0.15) is 18.1 Å². The van der Waals surface area contributed by atoms with Gasteiger partial charge in [0.05, 0.1) is 26.0 Å². The second-order valence-corrected chi connectivity index (χ2v) is 10.9. The highest BCUT2D eigenvalue weighted by Gasteiger charge is 2.27. The molecule has 0 amide bonds. The Hall–Kier alpha value is -3.40. The van der Waals surface area contributed by atoms with Crippen molar-refractivity contribution in [1.82, 2.24) is 19.4 Å². The van der Waals surface area contributed by atoms with Crippen LogP contribution >= 0.6 is 0 Å². The quantitative estimate of drug-likeness (QED) is 0.512. The Morgan fingerprint density at radius 2 is 1.76 bits per heavy atom. The Morgan fingerprint density at radius 3 is 2.41 bits per heavy atom. The number of carbonyl (C=O) groups is 1. The number of nitrogens with one attached hydrogen (secondary N) is 1. The Morgan fingerprint density at radius 1 is 1.05 bits per heavy atom. The van der Waals surface area contributed by atoms with Crippen LogP contribution in [0.4, 0.5) is 11.5 Å². The van der Waals surface area contributed by atoms with Crippen molar-refractivity contribution in [2.45, 2.75) is 52.5 Å². The summed E-state index contributed by atoms with van der Waals surface area (Å²) in [7, 11) is 1.68. The summed E-state index contributed by atoms with van der Waals surface area (Å²) >= 11 is 0. The molecule has 10 heteroatoms. The molecule has 5 rings (SSSR count). The summed E-state index contributed by atoms with van der Waals surface area (Å²) in [5.74, 6) is 1.54. The molecular weight excluding hydrogens is 470 g/mol. The van der Waals surface area contributed by atoms with Crippen molar-refractivity contribution in [2.24, 2.45) is 0 Å². The average molecular weight is 508 g/mol. The molecule has 2 aromatic heterocycles. The molecule has 0 atom stereocenters. The molecule has 2 aliphatic rings. The van der Waals surface area contributed by atoms with E-state index in [0.717, 1.165) is 67.4 Å². The number of ketones is 1. The molecule has 3 aromatic rings. The molecule has 4 heterocycles. The zero-order chi connectivity index (χ0) is 26.3. The van der Waals surface area contributed by atoms with Gasteiger partial charge in [-0.1, -0.05) is 20.8 Å². The monoisotopic (exact) mass is 507 g/mol. The van der Waals surface area contributed by atoms with Gasteiger partial charge in [-0.3, -0.25) is 10.2 Å². The van der Waals surface area contributed by atoms with Crippen molar-refractivity contribution in [1.29, 1.82) is 5.41 Å². The fraction of sp³-hybridized carbons (Fsp3) is 0.556. The van der Waals surface area contributed by atoms with Gasteiger partial charge in [-0.15, -0.1) is 10.2 Å². The summed E-state index contributed by atoms with van der Waals surface area (Å²) in [6, 6.07) is 5.86. The summed E-state index contributed by atoms with van der Waals surface area (Å²) in [5, 5.41) is 18.0. The van der Waals surface area contributed by atoms with E-state index in [0.29, 0.717) is 24.4 Å². The second-order valence-electron chi connectivity index (χ2n) is 10.9. The number of Topliss-reactive ketones (excluding diaryl/α,β-unsaturated/α-hetero) is 1. The maximum absolute atomic E-state index is 13.7. The minimum atomic E-state index is -0.230. The molecule has 2 fully saturated rings. The fourth-order valence-electron chi connectivity index (χ4n) is 5.17. The van der Waals surface area contributed by atoms with E-state index in [9.17, 15) is 4.79 Å². The van der Waals surface area contributed by atoms with E-state index in [1.165, 1.54) is 4.68 Å². The number of ether oxygens (including phenoxy) is 2. The number of carbonyl (C=O) groups excluding carboxylic acids is 1. The van der Waals surface area contributed by atoms with Crippen LogP contribution in [0.25, 0.3) is 5.65 Å². The molecular formula is C27H37N7O3. The van der Waals surface area contributed by atoms with Crippen LogP contribution in [0.5, 0.6) is 5.75 Å². The van der Waals surface area contributed by atoms with E-state index in [2.05, 4.69) is 40.8 Å². The molecule has 2 aliphatic heterocycles. The van der Waals surface area contributed by atoms with E-state index in [1.807, 2.05) is 25.1 Å². The summed E-state index contributed by atoms with van der Waals surface area (Å²) in [6.07, 6.45) is 2.30. The number of benzene rings is 1. The van der Waals surface area contributed by atoms with Crippen molar-refractivity contribution >= 4 is 22.9 Å². The van der Waals surface area contributed by atoms with Gasteiger partial charge in [0.2, 0.25) is 5.62 Å². The number of anilines is 2. The first-order valence-corrected chi connectivity index (χ1v) is 13.0. The summed E-state index contributed by atoms with van der Waals surface area (Å²) in [6.45, 7) is 13.0. The highest BCUT2D eigenvalue weighted by molar-refractivity contribution is 5.97. The smallest absolute Gasteiger partial charge is 0.242 e. The molecule has 37 heavy (non-hydrogen) atoms. The van der Waals surface area contributed by atoms with Gasteiger partial charge in [0, 0.05) is 37.3 Å². The van der Waals surface area contributed by atoms with Crippen molar-refractivity contribution in [3.05, 3.63) is 40.5 Å². The molecule has 0 spiro atoms.